The zero-order valence-electron chi connectivity index (χ0n) is 39.0. The highest BCUT2D eigenvalue weighted by molar-refractivity contribution is 6.16. The number of aliphatic imine (C=N–C) groups is 2. The van der Waals surface area contributed by atoms with Crippen LogP contribution in [-0.2, 0) is 0 Å². The van der Waals surface area contributed by atoms with Crippen LogP contribution >= 0.6 is 0 Å². The van der Waals surface area contributed by atoms with E-state index in [0.29, 0.717) is 5.92 Å². The number of fused-ring (bicyclic) bond motifs is 9. The molecule has 5 heteroatoms. The van der Waals surface area contributed by atoms with Crippen LogP contribution in [-0.4, -0.2) is 16.1 Å². The lowest BCUT2D eigenvalue weighted by Crippen LogP contribution is -2.13. The molecule has 9 aromatic carbocycles. The minimum absolute atomic E-state index is 0.195. The third-order valence-electron chi connectivity index (χ3n) is 14.8. The quantitative estimate of drug-likeness (QED) is 0.160. The first kappa shape index (κ1) is 41.2. The van der Waals surface area contributed by atoms with Gasteiger partial charge < -0.3 is 13.4 Å². The van der Waals surface area contributed by atoms with Crippen molar-refractivity contribution in [2.75, 3.05) is 0 Å². The first-order valence-electron chi connectivity index (χ1n) is 24.8. The van der Waals surface area contributed by atoms with Gasteiger partial charge in [0.15, 0.2) is 11.4 Å². The van der Waals surface area contributed by atoms with Crippen LogP contribution in [0.25, 0.3) is 93.6 Å². The van der Waals surface area contributed by atoms with E-state index in [-0.39, 0.29) is 6.04 Å². The lowest BCUT2D eigenvalue weighted by Gasteiger charge is -2.21. The van der Waals surface area contributed by atoms with Crippen LogP contribution < -0.4 is 0 Å². The SMILES string of the molecule is C1=CCC(c2ccc(C3=N/C(c4cc(-c5cccc6c5oc5c(-n7c8ccccc8c8cc(-c9ccccc9)ccc87)cccc56)cc5oc6ccccc6c45)CCC/C(c4ccccc4)=N\3)cc2)C=C1. The van der Waals surface area contributed by atoms with Gasteiger partial charge in [-0.05, 0) is 102 Å². The number of nitrogens with zero attached hydrogens (tertiary/aromatic N) is 3. The summed E-state index contributed by atoms with van der Waals surface area (Å²) < 4.78 is 16.4. The molecule has 338 valence electrons. The molecule has 2 unspecified atom stereocenters. The molecule has 0 spiro atoms. The highest BCUT2D eigenvalue weighted by Crippen LogP contribution is 2.45. The van der Waals surface area contributed by atoms with Gasteiger partial charge in [0.05, 0.1) is 28.5 Å². The topological polar surface area (TPSA) is 55.9 Å². The normalized spacial score (nSPS) is 17.7. The van der Waals surface area contributed by atoms with Gasteiger partial charge in [-0.1, -0.05) is 182 Å². The Labute approximate surface area is 411 Å². The van der Waals surface area contributed by atoms with Crippen molar-refractivity contribution in [1.29, 1.82) is 0 Å². The first-order valence-corrected chi connectivity index (χ1v) is 24.8. The van der Waals surface area contributed by atoms with Crippen LogP contribution in [0.5, 0.6) is 0 Å². The Hall–Kier alpha value is -8.80. The molecule has 1 aliphatic carbocycles. The van der Waals surface area contributed by atoms with Crippen molar-refractivity contribution in [3.05, 3.63) is 247 Å². The summed E-state index contributed by atoms with van der Waals surface area (Å²) in [5.41, 5.74) is 16.7. The molecule has 12 aromatic rings. The van der Waals surface area contributed by atoms with E-state index in [9.17, 15) is 0 Å². The van der Waals surface area contributed by atoms with E-state index in [1.54, 1.807) is 0 Å². The number of furan rings is 2. The molecule has 14 rings (SSSR count). The summed E-state index contributed by atoms with van der Waals surface area (Å²) in [5, 5.41) is 6.72. The number of rotatable bonds is 7. The van der Waals surface area contributed by atoms with Crippen molar-refractivity contribution in [3.63, 3.8) is 0 Å². The number of para-hydroxylation sites is 4. The maximum absolute atomic E-state index is 7.25. The number of allylic oxidation sites excluding steroid dienone is 4. The van der Waals surface area contributed by atoms with Gasteiger partial charge in [0, 0.05) is 49.4 Å². The Morgan fingerprint density at radius 3 is 2.04 bits per heavy atom. The Bertz CT molecular complexity index is 4170. The van der Waals surface area contributed by atoms with Crippen molar-refractivity contribution in [1.82, 2.24) is 4.57 Å². The highest BCUT2D eigenvalue weighted by Gasteiger charge is 2.26. The molecule has 71 heavy (non-hydrogen) atoms. The maximum Gasteiger partial charge on any atom is 0.159 e. The lowest BCUT2D eigenvalue weighted by molar-refractivity contribution is 0.624. The summed E-state index contributed by atoms with van der Waals surface area (Å²) >= 11 is 0. The molecule has 0 fully saturated rings. The standard InChI is InChI=1S/C66H47N3O2/c1-4-17-42(18-5-1)44-33-35-46(36-34-44)66-67-56(45-21-8-3-9-22-45)28-16-29-57(68-66)55-40-48(41-62-63(55)53-24-11-13-32-61(53)70-62)49-25-14-26-51-52-27-15-31-60(65(52)71-64(49)51)69-58-30-12-10-23-50(58)54-39-47(37-38-59(54)69)43-19-6-2-7-20-43/h1-15,17,19-27,30-42,57H,16,18,28-29H2/b67-56+,68-66-. The van der Waals surface area contributed by atoms with Crippen molar-refractivity contribution < 1.29 is 8.83 Å². The van der Waals surface area contributed by atoms with Gasteiger partial charge in [-0.15, -0.1) is 0 Å². The Kier molecular flexibility index (Phi) is 9.87. The van der Waals surface area contributed by atoms with Gasteiger partial charge in [-0.25, -0.2) is 4.99 Å². The second-order valence-electron chi connectivity index (χ2n) is 19.0. The van der Waals surface area contributed by atoms with Gasteiger partial charge >= 0.3 is 0 Å². The van der Waals surface area contributed by atoms with E-state index in [4.69, 9.17) is 18.8 Å². The molecule has 4 heterocycles. The summed E-state index contributed by atoms with van der Waals surface area (Å²) in [6, 6.07) is 71.5. The predicted molar refractivity (Wildman–Crippen MR) is 294 cm³/mol. The lowest BCUT2D eigenvalue weighted by atomic mass is 9.90. The smallest absolute Gasteiger partial charge is 0.159 e. The van der Waals surface area contributed by atoms with Crippen molar-refractivity contribution >= 4 is 77.2 Å². The van der Waals surface area contributed by atoms with Crippen LogP contribution in [0.2, 0.25) is 0 Å². The van der Waals surface area contributed by atoms with E-state index >= 15 is 0 Å². The molecule has 2 aliphatic rings. The predicted octanol–water partition coefficient (Wildman–Crippen LogP) is 17.7. The fourth-order valence-corrected chi connectivity index (χ4v) is 11.4. The molecule has 0 radical (unpaired) electrons. The van der Waals surface area contributed by atoms with Gasteiger partial charge in [-0.3, -0.25) is 4.99 Å². The summed E-state index contributed by atoms with van der Waals surface area (Å²) in [6.07, 6.45) is 12.4. The average molecular weight is 914 g/mol. The fraction of sp³-hybridized carbons (Fsp3) is 0.0909. The van der Waals surface area contributed by atoms with Crippen LogP contribution in [0, 0.1) is 0 Å². The van der Waals surface area contributed by atoms with Crippen LogP contribution in [0.1, 0.15) is 59.9 Å². The average Bonchev–Trinajstić information content (AvgIpc) is 4.11. The van der Waals surface area contributed by atoms with Gasteiger partial charge in [0.25, 0.3) is 0 Å². The van der Waals surface area contributed by atoms with E-state index in [2.05, 4.69) is 223 Å². The monoisotopic (exact) mass is 913 g/mol. The Balaban J connectivity index is 0.944. The number of aromatic nitrogens is 1. The fourth-order valence-electron chi connectivity index (χ4n) is 11.4. The van der Waals surface area contributed by atoms with Gasteiger partial charge in [0.1, 0.15) is 16.7 Å². The second kappa shape index (κ2) is 17.0. The molecule has 2 atom stereocenters. The number of hydrogen-bond donors (Lipinski definition) is 0. The van der Waals surface area contributed by atoms with Crippen molar-refractivity contribution in [3.8, 4) is 27.9 Å². The van der Waals surface area contributed by atoms with Crippen molar-refractivity contribution in [2.45, 2.75) is 37.6 Å². The zero-order chi connectivity index (χ0) is 46.8. The Morgan fingerprint density at radius 1 is 0.493 bits per heavy atom. The molecular weight excluding hydrogens is 867 g/mol. The van der Waals surface area contributed by atoms with E-state index in [0.717, 1.165) is 126 Å². The Morgan fingerprint density at radius 2 is 1.21 bits per heavy atom. The summed E-state index contributed by atoms with van der Waals surface area (Å²) in [5.74, 6) is 1.11. The third kappa shape index (κ3) is 7.07. The van der Waals surface area contributed by atoms with Crippen LogP contribution in [0.4, 0.5) is 0 Å². The molecule has 5 nitrogen and oxygen atoms in total. The summed E-state index contributed by atoms with van der Waals surface area (Å²) in [4.78, 5) is 11.2. The summed E-state index contributed by atoms with van der Waals surface area (Å²) in [7, 11) is 0. The molecule has 0 N–H and O–H groups in total. The summed E-state index contributed by atoms with van der Waals surface area (Å²) in [6.45, 7) is 0. The largest absolute Gasteiger partial charge is 0.456 e. The molecule has 0 amide bonds. The molecule has 3 aromatic heterocycles. The molecule has 1 aliphatic heterocycles. The van der Waals surface area contributed by atoms with E-state index in [1.807, 2.05) is 6.07 Å². The minimum atomic E-state index is -0.195. The first-order chi connectivity index (χ1) is 35.2. The zero-order valence-corrected chi connectivity index (χ0v) is 39.0. The van der Waals surface area contributed by atoms with Crippen LogP contribution in [0.15, 0.2) is 243 Å². The third-order valence-corrected chi connectivity index (χ3v) is 14.8. The number of hydrogen-bond acceptors (Lipinski definition) is 4. The van der Waals surface area contributed by atoms with Gasteiger partial charge in [-0.2, -0.15) is 0 Å². The molecular formula is C66H47N3O2. The highest BCUT2D eigenvalue weighted by atomic mass is 16.3. The number of benzene rings is 9. The maximum atomic E-state index is 7.25. The van der Waals surface area contributed by atoms with Crippen LogP contribution in [0.3, 0.4) is 0 Å². The van der Waals surface area contributed by atoms with Gasteiger partial charge in [0.2, 0.25) is 0 Å². The van der Waals surface area contributed by atoms with E-state index < -0.39 is 0 Å². The van der Waals surface area contributed by atoms with Crippen molar-refractivity contribution in [2.24, 2.45) is 9.98 Å². The molecule has 0 bridgehead atoms. The number of amidine groups is 1. The molecule has 0 saturated heterocycles. The second-order valence-corrected chi connectivity index (χ2v) is 19.0. The minimum Gasteiger partial charge on any atom is -0.456 e. The van der Waals surface area contributed by atoms with E-state index in [1.165, 1.54) is 27.5 Å². The molecule has 0 saturated carbocycles.